The Morgan fingerprint density at radius 1 is 1.45 bits per heavy atom. The van der Waals surface area contributed by atoms with Crippen molar-refractivity contribution in [3.63, 3.8) is 0 Å². The summed E-state index contributed by atoms with van der Waals surface area (Å²) in [5.41, 5.74) is 0.566. The third-order valence-electron chi connectivity index (χ3n) is 4.20. The summed E-state index contributed by atoms with van der Waals surface area (Å²) in [5.74, 6) is -1.04. The summed E-state index contributed by atoms with van der Waals surface area (Å²) < 4.78 is 32.7. The van der Waals surface area contributed by atoms with Crippen molar-refractivity contribution in [1.82, 2.24) is 15.5 Å². The monoisotopic (exact) mass is 327 g/mol. The fourth-order valence-corrected chi connectivity index (χ4v) is 3.56. The van der Waals surface area contributed by atoms with Crippen molar-refractivity contribution in [2.75, 3.05) is 26.7 Å². The van der Waals surface area contributed by atoms with Crippen molar-refractivity contribution in [3.8, 4) is 5.75 Å². The van der Waals surface area contributed by atoms with E-state index in [1.165, 1.54) is 6.07 Å². The predicted octanol–water partition coefficient (Wildman–Crippen LogP) is 1.44. The van der Waals surface area contributed by atoms with Gasteiger partial charge in [0, 0.05) is 24.6 Å². The zero-order valence-corrected chi connectivity index (χ0v) is 13.2. The quantitative estimate of drug-likeness (QED) is 0.819. The highest BCUT2D eigenvalue weighted by atomic mass is 32.1. The van der Waals surface area contributed by atoms with E-state index in [1.54, 1.807) is 0 Å². The van der Waals surface area contributed by atoms with Crippen LogP contribution in [0.4, 0.5) is 8.78 Å². The van der Waals surface area contributed by atoms with Gasteiger partial charge in [-0.1, -0.05) is 0 Å². The van der Waals surface area contributed by atoms with Crippen LogP contribution in [0.15, 0.2) is 12.1 Å². The van der Waals surface area contributed by atoms with Crippen LogP contribution in [-0.2, 0) is 6.42 Å². The van der Waals surface area contributed by atoms with Gasteiger partial charge in [-0.05, 0) is 38.3 Å². The molecule has 0 spiro atoms. The molecule has 0 aromatic heterocycles. The molecule has 0 bridgehead atoms. The minimum absolute atomic E-state index is 0.00180. The van der Waals surface area contributed by atoms with E-state index in [0.29, 0.717) is 23.7 Å². The van der Waals surface area contributed by atoms with Crippen LogP contribution < -0.4 is 15.4 Å². The van der Waals surface area contributed by atoms with Gasteiger partial charge in [-0.15, -0.1) is 0 Å². The van der Waals surface area contributed by atoms with Gasteiger partial charge >= 0.3 is 0 Å². The van der Waals surface area contributed by atoms with Crippen molar-refractivity contribution in [2.24, 2.45) is 0 Å². The number of nitrogens with one attached hydrogen (secondary N) is 2. The molecule has 0 aliphatic carbocycles. The van der Waals surface area contributed by atoms with Gasteiger partial charge in [0.25, 0.3) is 0 Å². The first kappa shape index (κ1) is 15.4. The van der Waals surface area contributed by atoms with Crippen molar-refractivity contribution in [2.45, 2.75) is 24.9 Å². The second kappa shape index (κ2) is 6.34. The fraction of sp³-hybridized carbons (Fsp3) is 0.533. The maximum atomic E-state index is 13.7. The van der Waals surface area contributed by atoms with Crippen LogP contribution in [0.5, 0.6) is 5.75 Å². The van der Waals surface area contributed by atoms with Crippen LogP contribution >= 0.6 is 12.2 Å². The molecule has 2 heterocycles. The van der Waals surface area contributed by atoms with Crippen LogP contribution in [-0.4, -0.2) is 48.8 Å². The van der Waals surface area contributed by atoms with Gasteiger partial charge in [0.05, 0.1) is 12.1 Å². The van der Waals surface area contributed by atoms with Gasteiger partial charge < -0.3 is 20.3 Å². The molecule has 1 fully saturated rings. The summed E-state index contributed by atoms with van der Waals surface area (Å²) in [4.78, 5) is 2.12. The molecule has 3 rings (SSSR count). The van der Waals surface area contributed by atoms with Crippen molar-refractivity contribution in [1.29, 1.82) is 0 Å². The summed E-state index contributed by atoms with van der Waals surface area (Å²) in [5, 5.41) is 7.02. The number of hydrogen-bond acceptors (Lipinski definition) is 3. The Bertz CT molecular complexity index is 584. The second-order valence-corrected chi connectivity index (χ2v) is 6.07. The number of fused-ring (bicyclic) bond motifs is 1. The molecule has 1 saturated heterocycles. The maximum Gasteiger partial charge on any atom is 0.169 e. The molecule has 2 N–H and O–H groups in total. The summed E-state index contributed by atoms with van der Waals surface area (Å²) in [6.07, 6.45) is 1.48. The lowest BCUT2D eigenvalue weighted by atomic mass is 9.99. The minimum Gasteiger partial charge on any atom is -0.488 e. The van der Waals surface area contributed by atoms with Crippen LogP contribution in [0.2, 0.25) is 0 Å². The number of hydrogen-bond donors (Lipinski definition) is 2. The molecule has 0 amide bonds. The Hall–Kier alpha value is -1.47. The molecule has 2 atom stereocenters. The van der Waals surface area contributed by atoms with E-state index in [2.05, 4.69) is 15.5 Å². The Kier molecular flexibility index (Phi) is 4.44. The van der Waals surface area contributed by atoms with E-state index in [1.807, 2.05) is 7.05 Å². The summed E-state index contributed by atoms with van der Waals surface area (Å²) >= 11 is 5.39. The average molecular weight is 327 g/mol. The van der Waals surface area contributed by atoms with Crippen LogP contribution in [0, 0.1) is 11.6 Å². The first-order valence-corrected chi connectivity index (χ1v) is 7.82. The molecule has 22 heavy (non-hydrogen) atoms. The molecule has 0 saturated carbocycles. The van der Waals surface area contributed by atoms with Crippen molar-refractivity contribution in [3.05, 3.63) is 29.3 Å². The number of halogens is 2. The van der Waals surface area contributed by atoms with Gasteiger partial charge in [0.15, 0.2) is 16.7 Å². The molecule has 4 nitrogen and oxygen atoms in total. The maximum absolute atomic E-state index is 13.7. The zero-order chi connectivity index (χ0) is 15.7. The summed E-state index contributed by atoms with van der Waals surface area (Å²) in [6, 6.07) is 2.47. The molecular weight excluding hydrogens is 308 g/mol. The highest BCUT2D eigenvalue weighted by Crippen LogP contribution is 2.31. The highest BCUT2D eigenvalue weighted by Gasteiger charge is 2.36. The van der Waals surface area contributed by atoms with Gasteiger partial charge in [-0.25, -0.2) is 8.78 Å². The van der Waals surface area contributed by atoms with E-state index in [4.69, 9.17) is 17.0 Å². The molecule has 1 aromatic carbocycles. The zero-order valence-electron chi connectivity index (χ0n) is 12.4. The molecule has 120 valence electrons. The van der Waals surface area contributed by atoms with E-state index >= 15 is 0 Å². The summed E-state index contributed by atoms with van der Waals surface area (Å²) in [6.45, 7) is 2.04. The normalized spacial score (nSPS) is 24.0. The lowest BCUT2D eigenvalue weighted by Gasteiger charge is -2.36. The minimum atomic E-state index is -0.637. The molecular formula is C15H19F2N3OS. The topological polar surface area (TPSA) is 36.5 Å². The average Bonchev–Trinajstić information content (AvgIpc) is 2.85. The van der Waals surface area contributed by atoms with Crippen LogP contribution in [0.25, 0.3) is 0 Å². The third kappa shape index (κ3) is 2.87. The van der Waals surface area contributed by atoms with E-state index in [-0.39, 0.29) is 17.8 Å². The molecule has 2 aliphatic heterocycles. The Morgan fingerprint density at radius 2 is 2.27 bits per heavy atom. The summed E-state index contributed by atoms with van der Waals surface area (Å²) in [7, 11) is 1.91. The standard InChI is InChI=1S/C15H19F2N3OS/c1-18-3-2-11-7-19-15(22)20(11)12-5-9-4-10(16)6-13(17)14(9)21-8-12/h4,6,11-12,18H,2-3,5,7-8H2,1H3,(H,19,22). The van der Waals surface area contributed by atoms with Gasteiger partial charge in [-0.3, -0.25) is 0 Å². The number of rotatable bonds is 4. The van der Waals surface area contributed by atoms with E-state index in [0.717, 1.165) is 25.6 Å². The van der Waals surface area contributed by atoms with Gasteiger partial charge in [0.2, 0.25) is 0 Å². The first-order chi connectivity index (χ1) is 10.6. The molecule has 0 radical (unpaired) electrons. The Morgan fingerprint density at radius 3 is 3.05 bits per heavy atom. The lowest BCUT2D eigenvalue weighted by molar-refractivity contribution is 0.150. The number of thiocarbonyl (C=S) groups is 1. The van der Waals surface area contributed by atoms with E-state index < -0.39 is 11.6 Å². The van der Waals surface area contributed by atoms with Crippen molar-refractivity contribution < 1.29 is 13.5 Å². The molecule has 2 aliphatic rings. The predicted molar refractivity (Wildman–Crippen MR) is 84.1 cm³/mol. The van der Waals surface area contributed by atoms with Gasteiger partial charge in [0.1, 0.15) is 12.4 Å². The van der Waals surface area contributed by atoms with Crippen LogP contribution in [0.3, 0.4) is 0 Å². The Labute approximate surface area is 133 Å². The van der Waals surface area contributed by atoms with E-state index in [9.17, 15) is 8.78 Å². The van der Waals surface area contributed by atoms with Crippen molar-refractivity contribution >= 4 is 17.3 Å². The highest BCUT2D eigenvalue weighted by molar-refractivity contribution is 7.80. The second-order valence-electron chi connectivity index (χ2n) is 5.68. The number of ether oxygens (including phenoxy) is 1. The molecule has 7 heteroatoms. The SMILES string of the molecule is CNCCC1CNC(=S)N1C1COc2c(F)cc(F)cc2C1. The first-order valence-electron chi connectivity index (χ1n) is 7.41. The fourth-order valence-electron chi connectivity index (χ4n) is 3.17. The number of benzene rings is 1. The number of nitrogens with zero attached hydrogens (tertiary/aromatic N) is 1. The Balaban J connectivity index is 1.79. The van der Waals surface area contributed by atoms with Gasteiger partial charge in [-0.2, -0.15) is 0 Å². The molecule has 1 aromatic rings. The van der Waals surface area contributed by atoms with Crippen LogP contribution in [0.1, 0.15) is 12.0 Å². The smallest absolute Gasteiger partial charge is 0.169 e. The third-order valence-corrected chi connectivity index (χ3v) is 4.55. The largest absolute Gasteiger partial charge is 0.488 e. The lowest BCUT2D eigenvalue weighted by Crippen LogP contribution is -2.49. The molecule has 2 unspecified atom stereocenters.